The Kier molecular flexibility index (Phi) is 5.34. The van der Waals surface area contributed by atoms with Gasteiger partial charge in [-0.2, -0.15) is 5.10 Å². The fourth-order valence-electron chi connectivity index (χ4n) is 4.28. The maximum atomic E-state index is 13.1. The molecule has 2 aromatic carbocycles. The van der Waals surface area contributed by atoms with E-state index in [1.165, 1.54) is 12.1 Å². The van der Waals surface area contributed by atoms with Gasteiger partial charge in [0, 0.05) is 32.3 Å². The number of likely N-dealkylation sites (tertiary alicyclic amines) is 1. The number of aryl methyl sites for hydroxylation is 1. The first-order valence-electron chi connectivity index (χ1n) is 10.7. The van der Waals surface area contributed by atoms with Gasteiger partial charge in [-0.3, -0.25) is 4.79 Å². The van der Waals surface area contributed by atoms with E-state index in [-0.39, 0.29) is 24.4 Å². The van der Waals surface area contributed by atoms with Crippen molar-refractivity contribution in [3.8, 4) is 5.75 Å². The Labute approximate surface area is 185 Å². The Morgan fingerprint density at radius 3 is 2.78 bits per heavy atom. The van der Waals surface area contributed by atoms with Crippen LogP contribution < -0.4 is 4.74 Å². The molecule has 1 aliphatic rings. The summed E-state index contributed by atoms with van der Waals surface area (Å²) in [5.74, 6) is 1.34. The molecule has 4 aromatic rings. The number of hydrogen-bond donors (Lipinski definition) is 0. The van der Waals surface area contributed by atoms with Crippen molar-refractivity contribution in [3.05, 3.63) is 78.1 Å². The first-order chi connectivity index (χ1) is 15.6. The maximum absolute atomic E-state index is 13.1. The predicted octanol–water partition coefficient (Wildman–Crippen LogP) is 3.97. The minimum atomic E-state index is -0.317. The monoisotopic (exact) mass is 433 g/mol. The lowest BCUT2D eigenvalue weighted by Gasteiger charge is -2.32. The number of aromatic nitrogens is 4. The van der Waals surface area contributed by atoms with E-state index in [9.17, 15) is 9.18 Å². The molecule has 0 bridgehead atoms. The SMILES string of the molecule is Cn1c(C2CCCN(C(=O)c3ccn(COc4ccc(F)cc4)n3)C2)nc2ccccc21. The topological polar surface area (TPSA) is 65.2 Å². The van der Waals surface area contributed by atoms with Crippen molar-refractivity contribution in [3.63, 3.8) is 0 Å². The zero-order valence-corrected chi connectivity index (χ0v) is 17.8. The van der Waals surface area contributed by atoms with Gasteiger partial charge in [-0.1, -0.05) is 12.1 Å². The number of halogens is 1. The Bertz CT molecular complexity index is 1250. The third-order valence-electron chi connectivity index (χ3n) is 5.93. The average molecular weight is 433 g/mol. The summed E-state index contributed by atoms with van der Waals surface area (Å²) >= 11 is 0. The lowest BCUT2D eigenvalue weighted by molar-refractivity contribution is 0.0695. The number of piperidine rings is 1. The average Bonchev–Trinajstić information content (AvgIpc) is 3.43. The van der Waals surface area contributed by atoms with Gasteiger partial charge in [0.05, 0.1) is 11.0 Å². The van der Waals surface area contributed by atoms with Crippen molar-refractivity contribution >= 4 is 16.9 Å². The van der Waals surface area contributed by atoms with Crippen molar-refractivity contribution in [2.75, 3.05) is 13.1 Å². The molecule has 1 saturated heterocycles. The van der Waals surface area contributed by atoms with Gasteiger partial charge in [-0.05, 0) is 55.3 Å². The molecule has 8 heteroatoms. The number of nitrogens with zero attached hydrogens (tertiary/aromatic N) is 5. The molecule has 1 amide bonds. The quantitative estimate of drug-likeness (QED) is 0.478. The van der Waals surface area contributed by atoms with Gasteiger partial charge in [-0.15, -0.1) is 0 Å². The molecule has 1 unspecified atom stereocenters. The zero-order valence-electron chi connectivity index (χ0n) is 17.8. The van der Waals surface area contributed by atoms with Gasteiger partial charge in [0.1, 0.15) is 17.4 Å². The molecule has 2 aromatic heterocycles. The first-order valence-corrected chi connectivity index (χ1v) is 10.7. The number of benzene rings is 2. The lowest BCUT2D eigenvalue weighted by Crippen LogP contribution is -2.40. The van der Waals surface area contributed by atoms with E-state index < -0.39 is 0 Å². The van der Waals surface area contributed by atoms with E-state index in [4.69, 9.17) is 9.72 Å². The van der Waals surface area contributed by atoms with Crippen LogP contribution in [-0.2, 0) is 13.8 Å². The van der Waals surface area contributed by atoms with E-state index in [0.717, 1.165) is 29.7 Å². The highest BCUT2D eigenvalue weighted by Gasteiger charge is 2.29. The van der Waals surface area contributed by atoms with Crippen molar-refractivity contribution < 1.29 is 13.9 Å². The molecule has 7 nitrogen and oxygen atoms in total. The minimum absolute atomic E-state index is 0.0889. The summed E-state index contributed by atoms with van der Waals surface area (Å²) in [6.07, 6.45) is 3.64. The van der Waals surface area contributed by atoms with Crippen LogP contribution in [-0.4, -0.2) is 43.2 Å². The number of para-hydroxylation sites is 2. The summed E-state index contributed by atoms with van der Waals surface area (Å²) in [6, 6.07) is 15.6. The summed E-state index contributed by atoms with van der Waals surface area (Å²) in [5.41, 5.74) is 2.47. The summed E-state index contributed by atoms with van der Waals surface area (Å²) in [5, 5.41) is 4.37. The number of ether oxygens (including phenoxy) is 1. The van der Waals surface area contributed by atoms with Crippen LogP contribution >= 0.6 is 0 Å². The van der Waals surface area contributed by atoms with Gasteiger partial charge in [0.2, 0.25) is 0 Å². The summed E-state index contributed by atoms with van der Waals surface area (Å²) < 4.78 is 22.3. The number of fused-ring (bicyclic) bond motifs is 1. The van der Waals surface area contributed by atoms with Crippen LogP contribution in [0.15, 0.2) is 60.8 Å². The number of carbonyl (C=O) groups excluding carboxylic acids is 1. The smallest absolute Gasteiger partial charge is 0.274 e. The van der Waals surface area contributed by atoms with Crippen LogP contribution in [0.3, 0.4) is 0 Å². The predicted molar refractivity (Wildman–Crippen MR) is 118 cm³/mol. The molecule has 0 N–H and O–H groups in total. The van der Waals surface area contributed by atoms with Crippen molar-refractivity contribution in [2.45, 2.75) is 25.5 Å². The van der Waals surface area contributed by atoms with Crippen LogP contribution in [0.1, 0.15) is 35.1 Å². The molecule has 0 aliphatic carbocycles. The van der Waals surface area contributed by atoms with Gasteiger partial charge in [0.25, 0.3) is 5.91 Å². The maximum Gasteiger partial charge on any atom is 0.274 e. The molecule has 0 radical (unpaired) electrons. The molecule has 1 aliphatic heterocycles. The molecule has 1 fully saturated rings. The van der Waals surface area contributed by atoms with E-state index in [2.05, 4.69) is 15.7 Å². The second-order valence-electron chi connectivity index (χ2n) is 8.08. The van der Waals surface area contributed by atoms with Crippen molar-refractivity contribution in [2.24, 2.45) is 7.05 Å². The van der Waals surface area contributed by atoms with Crippen molar-refractivity contribution in [1.82, 2.24) is 24.2 Å². The zero-order chi connectivity index (χ0) is 22.1. The van der Waals surface area contributed by atoms with Crippen LogP contribution in [0.5, 0.6) is 5.75 Å². The summed E-state index contributed by atoms with van der Waals surface area (Å²) in [6.45, 7) is 1.47. The molecule has 0 spiro atoms. The van der Waals surface area contributed by atoms with Crippen LogP contribution in [0.25, 0.3) is 11.0 Å². The second kappa shape index (κ2) is 8.45. The summed E-state index contributed by atoms with van der Waals surface area (Å²) in [4.78, 5) is 19.8. The minimum Gasteiger partial charge on any atom is -0.471 e. The number of carbonyl (C=O) groups is 1. The van der Waals surface area contributed by atoms with E-state index in [0.29, 0.717) is 24.5 Å². The van der Waals surface area contributed by atoms with Gasteiger partial charge < -0.3 is 14.2 Å². The van der Waals surface area contributed by atoms with E-state index in [1.807, 2.05) is 30.1 Å². The lowest BCUT2D eigenvalue weighted by atomic mass is 9.97. The second-order valence-corrected chi connectivity index (χ2v) is 8.08. The molecule has 0 saturated carbocycles. The fourth-order valence-corrected chi connectivity index (χ4v) is 4.28. The normalized spacial score (nSPS) is 16.4. The molecule has 164 valence electrons. The van der Waals surface area contributed by atoms with E-state index in [1.54, 1.807) is 29.1 Å². The first kappa shape index (κ1) is 20.2. The van der Waals surface area contributed by atoms with Crippen LogP contribution in [0, 0.1) is 5.82 Å². The Balaban J connectivity index is 1.26. The molecule has 32 heavy (non-hydrogen) atoms. The molecule has 1 atom stereocenters. The highest BCUT2D eigenvalue weighted by molar-refractivity contribution is 5.92. The summed E-state index contributed by atoms with van der Waals surface area (Å²) in [7, 11) is 2.04. The van der Waals surface area contributed by atoms with Crippen LogP contribution in [0.2, 0.25) is 0 Å². The fraction of sp³-hybridized carbons (Fsp3) is 0.292. The van der Waals surface area contributed by atoms with Gasteiger partial charge in [-0.25, -0.2) is 14.1 Å². The number of imidazole rings is 1. The highest BCUT2D eigenvalue weighted by atomic mass is 19.1. The largest absolute Gasteiger partial charge is 0.471 e. The van der Waals surface area contributed by atoms with Crippen molar-refractivity contribution in [1.29, 1.82) is 0 Å². The van der Waals surface area contributed by atoms with Gasteiger partial charge >= 0.3 is 0 Å². The van der Waals surface area contributed by atoms with E-state index >= 15 is 0 Å². The standard InChI is InChI=1S/C24H24FN5O2/c1-28-22-7-3-2-6-20(22)26-23(28)17-5-4-13-29(15-17)24(31)21-12-14-30(27-21)16-32-19-10-8-18(25)9-11-19/h2-3,6-12,14,17H,4-5,13,15-16H2,1H3. The van der Waals surface area contributed by atoms with Gasteiger partial charge in [0.15, 0.2) is 12.4 Å². The van der Waals surface area contributed by atoms with Crippen LogP contribution in [0.4, 0.5) is 4.39 Å². The third-order valence-corrected chi connectivity index (χ3v) is 5.93. The Morgan fingerprint density at radius 1 is 1.16 bits per heavy atom. The number of rotatable bonds is 5. The molecular weight excluding hydrogens is 409 g/mol. The Hall–Kier alpha value is -3.68. The molecular formula is C24H24FN5O2. The number of amides is 1. The molecule has 5 rings (SSSR count). The Morgan fingerprint density at radius 2 is 1.97 bits per heavy atom. The number of hydrogen-bond acceptors (Lipinski definition) is 4. The highest BCUT2D eigenvalue weighted by Crippen LogP contribution is 2.29. The third kappa shape index (κ3) is 3.95. The molecule has 3 heterocycles.